The van der Waals surface area contributed by atoms with E-state index in [2.05, 4.69) is 0 Å². The molecule has 0 atom stereocenters. The number of hydrogen-bond donors (Lipinski definition) is 0. The van der Waals surface area contributed by atoms with Gasteiger partial charge < -0.3 is 20.9 Å². The Morgan fingerprint density at radius 1 is 1.27 bits per heavy atom. The van der Waals surface area contributed by atoms with E-state index >= 15 is 0 Å². The van der Waals surface area contributed by atoms with E-state index in [1.54, 1.807) is 19.2 Å². The minimum Gasteiger partial charge on any atom is -0.619 e. The first-order chi connectivity index (χ1) is 4.33. The molecule has 5 nitrogen and oxygen atoms in total. The van der Waals surface area contributed by atoms with Crippen molar-refractivity contribution in [2.45, 2.75) is 0 Å². The monoisotopic (exact) mass is 161 g/mol. The average Bonchev–Trinajstić information content (AvgIpc) is 1.90. The maximum atomic E-state index is 10.4. The van der Waals surface area contributed by atoms with E-state index in [4.69, 9.17) is 4.74 Å². The summed E-state index contributed by atoms with van der Waals surface area (Å²) < 4.78 is 5.53. The van der Waals surface area contributed by atoms with Crippen LogP contribution in [0.5, 0.6) is 5.75 Å². The zero-order chi connectivity index (χ0) is 6.69. The number of ether oxygens (including phenoxy) is 1. The van der Waals surface area contributed by atoms with Crippen molar-refractivity contribution in [3.05, 3.63) is 29.7 Å². The maximum Gasteiger partial charge on any atom is 0.184 e. The van der Waals surface area contributed by atoms with Gasteiger partial charge >= 0.3 is 0 Å². The van der Waals surface area contributed by atoms with E-state index in [1.165, 1.54) is 12.4 Å². The standard InChI is InChI=1S/C6H7NO2.2H2O/c1-9-6-2-4-7(8)5-3-6;;/h2-5H,1H3;2*1H2. The van der Waals surface area contributed by atoms with E-state index in [0.717, 1.165) is 0 Å². The zero-order valence-electron chi connectivity index (χ0n) is 6.07. The summed E-state index contributed by atoms with van der Waals surface area (Å²) in [6.07, 6.45) is 2.78. The Bertz CT molecular complexity index is 186. The fraction of sp³-hybridized carbons (Fsp3) is 0.167. The minimum atomic E-state index is 0. The Morgan fingerprint density at radius 3 is 2.09 bits per heavy atom. The van der Waals surface area contributed by atoms with E-state index in [1.807, 2.05) is 0 Å². The summed E-state index contributed by atoms with van der Waals surface area (Å²) in [5.74, 6) is 0.696. The summed E-state index contributed by atoms with van der Waals surface area (Å²) in [6, 6.07) is 3.21. The third kappa shape index (κ3) is 3.39. The molecule has 0 radical (unpaired) electrons. The molecule has 0 aromatic carbocycles. The van der Waals surface area contributed by atoms with Crippen molar-refractivity contribution in [3.63, 3.8) is 0 Å². The van der Waals surface area contributed by atoms with Crippen LogP contribution in [0, 0.1) is 5.21 Å². The second-order valence-electron chi connectivity index (χ2n) is 1.60. The van der Waals surface area contributed by atoms with Crippen molar-refractivity contribution in [1.82, 2.24) is 0 Å². The van der Waals surface area contributed by atoms with Crippen LogP contribution in [0.3, 0.4) is 0 Å². The van der Waals surface area contributed by atoms with Crippen LogP contribution in [0.15, 0.2) is 24.5 Å². The molecule has 0 saturated heterocycles. The van der Waals surface area contributed by atoms with Gasteiger partial charge in [0.25, 0.3) is 0 Å². The van der Waals surface area contributed by atoms with Gasteiger partial charge in [0.05, 0.1) is 7.11 Å². The first kappa shape index (κ1) is 12.4. The van der Waals surface area contributed by atoms with Crippen LogP contribution in [0.4, 0.5) is 0 Å². The fourth-order valence-corrected chi connectivity index (χ4v) is 0.535. The molecule has 11 heavy (non-hydrogen) atoms. The molecule has 1 aromatic rings. The van der Waals surface area contributed by atoms with E-state index in [0.29, 0.717) is 10.5 Å². The van der Waals surface area contributed by atoms with Crippen LogP contribution in [0.2, 0.25) is 0 Å². The summed E-state index contributed by atoms with van der Waals surface area (Å²) in [4.78, 5) is 0. The van der Waals surface area contributed by atoms with Crippen molar-refractivity contribution < 1.29 is 20.4 Å². The molecule has 4 N–H and O–H groups in total. The van der Waals surface area contributed by atoms with Gasteiger partial charge in [-0.05, 0) is 0 Å². The highest BCUT2D eigenvalue weighted by molar-refractivity contribution is 5.14. The zero-order valence-corrected chi connectivity index (χ0v) is 6.07. The van der Waals surface area contributed by atoms with Crippen LogP contribution < -0.4 is 9.47 Å². The summed E-state index contributed by atoms with van der Waals surface area (Å²) in [5, 5.41) is 10.4. The largest absolute Gasteiger partial charge is 0.619 e. The molecule has 0 aliphatic heterocycles. The molecule has 0 aliphatic rings. The molecule has 0 aliphatic carbocycles. The average molecular weight is 161 g/mol. The van der Waals surface area contributed by atoms with Gasteiger partial charge in [0.1, 0.15) is 5.75 Å². The first-order valence-corrected chi connectivity index (χ1v) is 2.56. The van der Waals surface area contributed by atoms with Crippen molar-refractivity contribution in [3.8, 4) is 5.75 Å². The molecule has 0 amide bonds. The highest BCUT2D eigenvalue weighted by Gasteiger charge is 1.89. The molecule has 0 unspecified atom stereocenters. The number of hydrogen-bond acceptors (Lipinski definition) is 2. The minimum absolute atomic E-state index is 0. The van der Waals surface area contributed by atoms with Crippen molar-refractivity contribution in [2.24, 2.45) is 0 Å². The van der Waals surface area contributed by atoms with Crippen LogP contribution in [0.25, 0.3) is 0 Å². The predicted molar refractivity (Wildman–Crippen MR) is 39.2 cm³/mol. The van der Waals surface area contributed by atoms with Crippen LogP contribution in [-0.4, -0.2) is 18.1 Å². The lowest BCUT2D eigenvalue weighted by Gasteiger charge is -1.96. The maximum absolute atomic E-state index is 10.4. The summed E-state index contributed by atoms with van der Waals surface area (Å²) >= 11 is 0. The molecule has 1 heterocycles. The van der Waals surface area contributed by atoms with Gasteiger partial charge in [0.15, 0.2) is 12.4 Å². The molecule has 5 heteroatoms. The second-order valence-corrected chi connectivity index (χ2v) is 1.60. The van der Waals surface area contributed by atoms with Gasteiger partial charge in [0.2, 0.25) is 0 Å². The number of nitrogens with zero attached hydrogens (tertiary/aromatic N) is 1. The number of rotatable bonds is 1. The SMILES string of the molecule is COc1cc[n+]([O-])cc1.O.O. The highest BCUT2D eigenvalue weighted by atomic mass is 16.5. The number of pyridine rings is 1. The van der Waals surface area contributed by atoms with Crippen LogP contribution in [-0.2, 0) is 0 Å². The van der Waals surface area contributed by atoms with Gasteiger partial charge in [-0.2, -0.15) is 4.73 Å². The quantitative estimate of drug-likeness (QED) is 0.377. The Morgan fingerprint density at radius 2 is 1.73 bits per heavy atom. The lowest BCUT2D eigenvalue weighted by atomic mass is 10.5. The van der Waals surface area contributed by atoms with Crippen LogP contribution in [0.1, 0.15) is 0 Å². The lowest BCUT2D eigenvalue weighted by Crippen LogP contribution is -2.23. The molecule has 1 aromatic heterocycles. The summed E-state index contributed by atoms with van der Waals surface area (Å²) in [5.41, 5.74) is 0. The molecule has 64 valence electrons. The van der Waals surface area contributed by atoms with E-state index < -0.39 is 0 Å². The highest BCUT2D eigenvalue weighted by Crippen LogP contribution is 2.02. The summed E-state index contributed by atoms with van der Waals surface area (Å²) in [7, 11) is 1.56. The van der Waals surface area contributed by atoms with E-state index in [-0.39, 0.29) is 11.0 Å². The molecular formula is C6H11NO4. The predicted octanol–water partition coefficient (Wildman–Crippen LogP) is -1.32. The van der Waals surface area contributed by atoms with Gasteiger partial charge in [-0.3, -0.25) is 0 Å². The second kappa shape index (κ2) is 5.45. The third-order valence-corrected chi connectivity index (χ3v) is 1.01. The van der Waals surface area contributed by atoms with Crippen molar-refractivity contribution >= 4 is 0 Å². The first-order valence-electron chi connectivity index (χ1n) is 2.56. The van der Waals surface area contributed by atoms with Gasteiger partial charge in [-0.1, -0.05) is 0 Å². The van der Waals surface area contributed by atoms with Gasteiger partial charge in [-0.15, -0.1) is 0 Å². The normalized spacial score (nSPS) is 7.36. The molecule has 0 saturated carbocycles. The Hall–Kier alpha value is -1.33. The molecule has 0 bridgehead atoms. The molecule has 0 fully saturated rings. The third-order valence-electron chi connectivity index (χ3n) is 1.01. The molecular weight excluding hydrogens is 150 g/mol. The summed E-state index contributed by atoms with van der Waals surface area (Å²) in [6.45, 7) is 0. The van der Waals surface area contributed by atoms with Crippen molar-refractivity contribution in [1.29, 1.82) is 0 Å². The lowest BCUT2D eigenvalue weighted by molar-refractivity contribution is -0.605. The number of methoxy groups -OCH3 is 1. The Labute approximate surface area is 64.0 Å². The number of aromatic nitrogens is 1. The Kier molecular flexibility index (Phi) is 6.13. The van der Waals surface area contributed by atoms with E-state index in [9.17, 15) is 5.21 Å². The van der Waals surface area contributed by atoms with Crippen LogP contribution >= 0.6 is 0 Å². The molecule has 1 rings (SSSR count). The van der Waals surface area contributed by atoms with Crippen molar-refractivity contribution in [2.75, 3.05) is 7.11 Å². The smallest absolute Gasteiger partial charge is 0.184 e. The fourth-order valence-electron chi connectivity index (χ4n) is 0.535. The topological polar surface area (TPSA) is 99.2 Å². The van der Waals surface area contributed by atoms with Gasteiger partial charge in [0, 0.05) is 12.1 Å². The Balaban J connectivity index is 0. The molecule has 0 spiro atoms. The van der Waals surface area contributed by atoms with Gasteiger partial charge in [-0.25, -0.2) is 0 Å².